The summed E-state index contributed by atoms with van der Waals surface area (Å²) in [4.78, 5) is 26.4. The van der Waals surface area contributed by atoms with Gasteiger partial charge in [0.25, 0.3) is 0 Å². The number of methoxy groups -OCH3 is 2. The third kappa shape index (κ3) is 7.78. The fourth-order valence-corrected chi connectivity index (χ4v) is 5.80. The van der Waals surface area contributed by atoms with Gasteiger partial charge in [-0.25, -0.2) is 29.9 Å². The predicted molar refractivity (Wildman–Crippen MR) is 202 cm³/mol. The number of hydrogen-bond acceptors (Lipinski definition) is 14. The molecule has 0 spiro atoms. The predicted octanol–water partition coefficient (Wildman–Crippen LogP) is 5.95. The van der Waals surface area contributed by atoms with Crippen LogP contribution in [0.4, 0.5) is 11.9 Å². The van der Waals surface area contributed by atoms with Crippen LogP contribution in [-0.4, -0.2) is 63.4 Å². The van der Waals surface area contributed by atoms with Crippen molar-refractivity contribution < 1.29 is 18.3 Å². The van der Waals surface area contributed by atoms with Gasteiger partial charge in [0.15, 0.2) is 22.9 Å². The smallest absolute Gasteiger partial charge is 0.245 e. The van der Waals surface area contributed by atoms with E-state index in [9.17, 15) is 0 Å². The summed E-state index contributed by atoms with van der Waals surface area (Å²) in [5.41, 5.74) is 11.5. The van der Waals surface area contributed by atoms with Crippen LogP contribution in [0.2, 0.25) is 0 Å². The summed E-state index contributed by atoms with van der Waals surface area (Å²) in [6, 6.07) is 29.4. The van der Waals surface area contributed by atoms with Gasteiger partial charge in [0.1, 0.15) is 35.4 Å². The van der Waals surface area contributed by atoms with Gasteiger partial charge in [-0.2, -0.15) is 9.03 Å². The van der Waals surface area contributed by atoms with Crippen molar-refractivity contribution in [1.82, 2.24) is 49.1 Å². The number of nitrogens with zero attached hydrogens (tertiary/aromatic N) is 10. The van der Waals surface area contributed by atoms with Crippen LogP contribution >= 0.6 is 0 Å². The van der Waals surface area contributed by atoms with Crippen LogP contribution in [0.15, 0.2) is 125 Å². The molecule has 6 heterocycles. The lowest BCUT2D eigenvalue weighted by atomic mass is 10.1. The van der Waals surface area contributed by atoms with Crippen LogP contribution in [0.1, 0.15) is 28.3 Å². The Kier molecular flexibility index (Phi) is 9.74. The Bertz CT molecular complexity index is 2640. The molecule has 6 aromatic heterocycles. The number of ether oxygens (including phenoxy) is 2. The quantitative estimate of drug-likeness (QED) is 0.158. The Labute approximate surface area is 313 Å². The Morgan fingerprint density at radius 1 is 0.655 bits per heavy atom. The molecule has 3 aromatic carbocycles. The average Bonchev–Trinajstić information content (AvgIpc) is 4.06. The van der Waals surface area contributed by atoms with E-state index in [1.54, 1.807) is 37.2 Å². The van der Waals surface area contributed by atoms with Crippen molar-refractivity contribution in [1.29, 1.82) is 0 Å². The van der Waals surface area contributed by atoms with Crippen LogP contribution in [-0.2, 0) is 19.4 Å². The fraction of sp³-hybridized carbons (Fsp3) is 0.128. The van der Waals surface area contributed by atoms with E-state index >= 15 is 0 Å². The number of nitrogens with two attached hydrogens (primary N) is 1. The van der Waals surface area contributed by atoms with Crippen molar-refractivity contribution in [3.63, 3.8) is 0 Å². The number of anilines is 2. The Morgan fingerprint density at radius 2 is 1.24 bits per heavy atom. The van der Waals surface area contributed by atoms with Crippen LogP contribution < -0.4 is 20.5 Å². The summed E-state index contributed by atoms with van der Waals surface area (Å²) in [6.45, 7) is 0.457. The molecular weight excluding hydrogens is 701 g/mol. The molecule has 0 aliphatic rings. The molecule has 9 aromatic rings. The molecule has 9 rings (SSSR count). The molecule has 0 atom stereocenters. The molecule has 16 heteroatoms. The van der Waals surface area contributed by atoms with E-state index < -0.39 is 0 Å². The first-order valence-electron chi connectivity index (χ1n) is 17.1. The topological polar surface area (TPSA) is 195 Å². The standard InChI is InChI=1S/C24H22N6O3.C15H12N6O/c1-31-18-9-8-17(20(13-18)32-2)15-26-24-27-19(23-25-10-11-33-23)14-22-28-21(29-30(22)24)12-16-6-4-3-5-7-16;16-15-18-11(14-17-6-7-22-14)9-13-19-12(20-21(13)15)8-10-4-2-1-3-5-10/h3-11,13-14H,12,15H2,1-2H3,(H,26,27);1-7,9H,8H2,(H2,16,18). The first-order valence-corrected chi connectivity index (χ1v) is 17.1. The highest BCUT2D eigenvalue weighted by atomic mass is 16.5. The van der Waals surface area contributed by atoms with Crippen molar-refractivity contribution in [3.05, 3.63) is 144 Å². The zero-order chi connectivity index (χ0) is 37.6. The number of nitrogen functional groups attached to an aromatic ring is 1. The van der Waals surface area contributed by atoms with Crippen molar-refractivity contribution in [2.45, 2.75) is 19.4 Å². The fourth-order valence-electron chi connectivity index (χ4n) is 5.80. The van der Waals surface area contributed by atoms with E-state index in [1.807, 2.05) is 72.8 Å². The number of nitrogens with one attached hydrogen (secondary N) is 1. The molecule has 0 amide bonds. The second-order valence-corrected chi connectivity index (χ2v) is 12.1. The number of hydrogen-bond donors (Lipinski definition) is 2. The highest BCUT2D eigenvalue weighted by Gasteiger charge is 2.16. The molecule has 3 N–H and O–H groups in total. The van der Waals surface area contributed by atoms with Crippen molar-refractivity contribution in [2.24, 2.45) is 0 Å². The van der Waals surface area contributed by atoms with Crippen molar-refractivity contribution >= 4 is 23.2 Å². The third-order valence-electron chi connectivity index (χ3n) is 8.41. The lowest BCUT2D eigenvalue weighted by Crippen LogP contribution is -2.09. The van der Waals surface area contributed by atoms with Crippen LogP contribution in [0, 0.1) is 0 Å². The first-order chi connectivity index (χ1) is 27.0. The number of oxazole rings is 2. The minimum Gasteiger partial charge on any atom is -0.497 e. The normalized spacial score (nSPS) is 11.0. The van der Waals surface area contributed by atoms with Crippen LogP contribution in [0.25, 0.3) is 34.5 Å². The maximum Gasteiger partial charge on any atom is 0.245 e. The maximum absolute atomic E-state index is 5.95. The minimum atomic E-state index is 0.248. The van der Waals surface area contributed by atoms with Gasteiger partial charge in [-0.15, -0.1) is 10.2 Å². The van der Waals surface area contributed by atoms with Gasteiger partial charge in [0, 0.05) is 43.1 Å². The van der Waals surface area contributed by atoms with Gasteiger partial charge in [-0.3, -0.25) is 0 Å². The molecule has 0 fully saturated rings. The molecular formula is C39H34N12O4. The molecule has 0 unspecified atom stereocenters. The zero-order valence-corrected chi connectivity index (χ0v) is 29.8. The summed E-state index contributed by atoms with van der Waals surface area (Å²) in [5.74, 6) is 4.40. The van der Waals surface area contributed by atoms with Gasteiger partial charge in [0.05, 0.1) is 26.6 Å². The van der Waals surface area contributed by atoms with Gasteiger partial charge in [-0.1, -0.05) is 60.7 Å². The molecule has 16 nitrogen and oxygen atoms in total. The maximum atomic E-state index is 5.95. The van der Waals surface area contributed by atoms with Gasteiger partial charge < -0.3 is 29.4 Å². The number of benzene rings is 3. The van der Waals surface area contributed by atoms with E-state index in [-0.39, 0.29) is 5.95 Å². The molecule has 0 bridgehead atoms. The molecule has 0 radical (unpaired) electrons. The van der Waals surface area contributed by atoms with Crippen molar-refractivity contribution in [2.75, 3.05) is 25.3 Å². The third-order valence-corrected chi connectivity index (χ3v) is 8.41. The summed E-state index contributed by atoms with van der Waals surface area (Å²) >= 11 is 0. The lowest BCUT2D eigenvalue weighted by Gasteiger charge is -2.12. The summed E-state index contributed by atoms with van der Waals surface area (Å²) < 4.78 is 24.7. The Balaban J connectivity index is 0.000000168. The van der Waals surface area contributed by atoms with E-state index in [4.69, 9.17) is 39.1 Å². The Hall–Kier alpha value is -7.62. The largest absolute Gasteiger partial charge is 0.497 e. The second kappa shape index (κ2) is 15.5. The zero-order valence-electron chi connectivity index (χ0n) is 29.8. The van der Waals surface area contributed by atoms with Crippen molar-refractivity contribution in [3.8, 4) is 34.7 Å². The van der Waals surface area contributed by atoms with Crippen LogP contribution in [0.5, 0.6) is 11.5 Å². The highest BCUT2D eigenvalue weighted by Crippen LogP contribution is 2.26. The minimum absolute atomic E-state index is 0.248. The Morgan fingerprint density at radius 3 is 1.80 bits per heavy atom. The van der Waals surface area contributed by atoms with Gasteiger partial charge in [-0.05, 0) is 23.3 Å². The molecule has 274 valence electrons. The summed E-state index contributed by atoms with van der Waals surface area (Å²) in [6.07, 6.45) is 7.39. The lowest BCUT2D eigenvalue weighted by molar-refractivity contribution is 0.391. The van der Waals surface area contributed by atoms with E-state index in [2.05, 4.69) is 42.5 Å². The van der Waals surface area contributed by atoms with E-state index in [0.29, 0.717) is 77.2 Å². The number of fused-ring (bicyclic) bond motifs is 2. The molecule has 0 aliphatic heterocycles. The number of rotatable bonds is 11. The summed E-state index contributed by atoms with van der Waals surface area (Å²) in [5, 5.41) is 12.4. The molecule has 55 heavy (non-hydrogen) atoms. The molecule has 0 saturated heterocycles. The van der Waals surface area contributed by atoms with E-state index in [1.165, 1.54) is 17.0 Å². The molecule has 0 aliphatic carbocycles. The van der Waals surface area contributed by atoms with E-state index in [0.717, 1.165) is 22.4 Å². The highest BCUT2D eigenvalue weighted by molar-refractivity contribution is 5.60. The SMILES string of the molecule is COc1ccc(CNc2nc(-c3ncco3)cc3nc(Cc4ccccc4)nn23)c(OC)c1.Nc1nc(-c2ncco2)cc2nc(Cc3ccccc3)nn12. The summed E-state index contributed by atoms with van der Waals surface area (Å²) in [7, 11) is 3.25. The van der Waals surface area contributed by atoms with Gasteiger partial charge >= 0.3 is 0 Å². The molecule has 0 saturated carbocycles. The average molecular weight is 735 g/mol. The number of aromatic nitrogens is 10. The second-order valence-electron chi connectivity index (χ2n) is 12.1. The monoisotopic (exact) mass is 734 g/mol. The van der Waals surface area contributed by atoms with Gasteiger partial charge in [0.2, 0.25) is 23.7 Å². The first kappa shape index (κ1) is 34.5. The van der Waals surface area contributed by atoms with Crippen LogP contribution in [0.3, 0.4) is 0 Å².